The Bertz CT molecular complexity index is 800. The number of amides is 1. The third-order valence-electron chi connectivity index (χ3n) is 2.93. The van der Waals surface area contributed by atoms with Crippen LogP contribution in [0.5, 0.6) is 0 Å². The highest BCUT2D eigenvalue weighted by atomic mass is 32.1. The summed E-state index contributed by atoms with van der Waals surface area (Å²) in [4.78, 5) is 12.4. The van der Waals surface area contributed by atoms with Gasteiger partial charge in [0.25, 0.3) is 5.91 Å². The molecule has 2 aromatic heterocycles. The Morgan fingerprint density at radius 1 is 1.27 bits per heavy atom. The van der Waals surface area contributed by atoms with Crippen LogP contribution in [0, 0.1) is 11.6 Å². The van der Waals surface area contributed by atoms with Crippen LogP contribution in [-0.4, -0.2) is 11.1 Å². The lowest BCUT2D eigenvalue weighted by atomic mass is 10.1. The lowest BCUT2D eigenvalue weighted by Gasteiger charge is -1.99. The van der Waals surface area contributed by atoms with Crippen LogP contribution in [0.3, 0.4) is 0 Å². The first-order valence-corrected chi connectivity index (χ1v) is 7.24. The highest BCUT2D eigenvalue weighted by molar-refractivity contribution is 7.12. The second-order valence-electron chi connectivity index (χ2n) is 4.47. The number of nitrogens with zero attached hydrogens (tertiary/aromatic N) is 1. The molecule has 0 aliphatic rings. The van der Waals surface area contributed by atoms with Crippen molar-refractivity contribution in [2.45, 2.75) is 6.54 Å². The summed E-state index contributed by atoms with van der Waals surface area (Å²) in [5, 5.41) is 8.25. The van der Waals surface area contributed by atoms with Gasteiger partial charge in [-0.2, -0.15) is 0 Å². The molecule has 0 spiro atoms. The maximum absolute atomic E-state index is 13.6. The van der Waals surface area contributed by atoms with Crippen molar-refractivity contribution < 1.29 is 18.1 Å². The average molecular weight is 320 g/mol. The zero-order chi connectivity index (χ0) is 15.5. The lowest BCUT2D eigenvalue weighted by Crippen LogP contribution is -2.21. The summed E-state index contributed by atoms with van der Waals surface area (Å²) in [5.74, 6) is -1.43. The van der Waals surface area contributed by atoms with Gasteiger partial charge in [0.1, 0.15) is 17.3 Å². The molecular weight excluding hydrogens is 310 g/mol. The number of hydrogen-bond donors (Lipinski definition) is 1. The van der Waals surface area contributed by atoms with Crippen molar-refractivity contribution in [3.63, 3.8) is 0 Å². The number of carbonyl (C=O) groups excluding carboxylic acids is 1. The zero-order valence-corrected chi connectivity index (χ0v) is 12.0. The van der Waals surface area contributed by atoms with E-state index in [1.54, 1.807) is 17.5 Å². The van der Waals surface area contributed by atoms with E-state index in [-0.39, 0.29) is 23.8 Å². The van der Waals surface area contributed by atoms with Crippen LogP contribution in [0.2, 0.25) is 0 Å². The van der Waals surface area contributed by atoms with E-state index in [4.69, 9.17) is 4.52 Å². The number of aromatic nitrogens is 1. The molecule has 2 heterocycles. The van der Waals surface area contributed by atoms with Crippen LogP contribution in [0.4, 0.5) is 8.78 Å². The number of halogens is 2. The van der Waals surface area contributed by atoms with Crippen LogP contribution in [0.25, 0.3) is 11.3 Å². The SMILES string of the molecule is O=C(NCc1cc(-c2ccc(F)cc2F)on1)c1cccs1. The number of thiophene rings is 1. The third kappa shape index (κ3) is 3.04. The topological polar surface area (TPSA) is 55.1 Å². The Morgan fingerprint density at radius 2 is 2.14 bits per heavy atom. The van der Waals surface area contributed by atoms with E-state index < -0.39 is 11.6 Å². The molecule has 0 saturated heterocycles. The fraction of sp³-hybridized carbons (Fsp3) is 0.0667. The second-order valence-corrected chi connectivity index (χ2v) is 5.41. The van der Waals surface area contributed by atoms with Gasteiger partial charge < -0.3 is 9.84 Å². The summed E-state index contributed by atoms with van der Waals surface area (Å²) in [6.45, 7) is 0.156. The molecule has 1 amide bonds. The van der Waals surface area contributed by atoms with Gasteiger partial charge in [0.05, 0.1) is 17.0 Å². The summed E-state index contributed by atoms with van der Waals surface area (Å²) >= 11 is 1.33. The normalized spacial score (nSPS) is 10.6. The zero-order valence-electron chi connectivity index (χ0n) is 11.2. The molecule has 3 aromatic rings. The van der Waals surface area contributed by atoms with Crippen molar-refractivity contribution in [2.24, 2.45) is 0 Å². The minimum Gasteiger partial charge on any atom is -0.356 e. The summed E-state index contributed by atoms with van der Waals surface area (Å²) in [6.07, 6.45) is 0. The molecular formula is C15H10F2N2O2S. The van der Waals surface area contributed by atoms with E-state index in [0.717, 1.165) is 12.1 Å². The number of hydrogen-bond acceptors (Lipinski definition) is 4. The van der Waals surface area contributed by atoms with Crippen molar-refractivity contribution in [1.29, 1.82) is 0 Å². The van der Waals surface area contributed by atoms with Crippen molar-refractivity contribution in [3.05, 3.63) is 64.0 Å². The Morgan fingerprint density at radius 3 is 2.86 bits per heavy atom. The summed E-state index contributed by atoms with van der Waals surface area (Å²) in [6, 6.07) is 8.19. The van der Waals surface area contributed by atoms with Crippen LogP contribution in [0.1, 0.15) is 15.4 Å². The summed E-state index contributed by atoms with van der Waals surface area (Å²) in [7, 11) is 0. The van der Waals surface area contributed by atoms with Gasteiger partial charge in [-0.25, -0.2) is 8.78 Å². The Labute approximate surface area is 128 Å². The van der Waals surface area contributed by atoms with Gasteiger partial charge in [-0.3, -0.25) is 4.79 Å². The number of rotatable bonds is 4. The molecule has 7 heteroatoms. The van der Waals surface area contributed by atoms with Gasteiger partial charge in [0.15, 0.2) is 5.76 Å². The van der Waals surface area contributed by atoms with Crippen molar-refractivity contribution in [2.75, 3.05) is 0 Å². The quantitative estimate of drug-likeness (QED) is 0.799. The molecule has 0 bridgehead atoms. The fourth-order valence-corrected chi connectivity index (χ4v) is 2.52. The van der Waals surface area contributed by atoms with Crippen molar-refractivity contribution in [1.82, 2.24) is 10.5 Å². The molecule has 0 atom stereocenters. The van der Waals surface area contributed by atoms with E-state index in [1.165, 1.54) is 23.5 Å². The molecule has 0 saturated carbocycles. The maximum Gasteiger partial charge on any atom is 0.261 e. The van der Waals surface area contributed by atoms with Crippen LogP contribution >= 0.6 is 11.3 Å². The van der Waals surface area contributed by atoms with Crippen molar-refractivity contribution >= 4 is 17.2 Å². The van der Waals surface area contributed by atoms with Gasteiger partial charge in [0.2, 0.25) is 0 Å². The molecule has 22 heavy (non-hydrogen) atoms. The van der Waals surface area contributed by atoms with E-state index >= 15 is 0 Å². The van der Waals surface area contributed by atoms with Crippen LogP contribution < -0.4 is 5.32 Å². The number of carbonyl (C=O) groups is 1. The minimum absolute atomic E-state index is 0.115. The highest BCUT2D eigenvalue weighted by Crippen LogP contribution is 2.24. The van der Waals surface area contributed by atoms with Crippen molar-refractivity contribution in [3.8, 4) is 11.3 Å². The third-order valence-corrected chi connectivity index (χ3v) is 3.80. The maximum atomic E-state index is 13.6. The smallest absolute Gasteiger partial charge is 0.261 e. The van der Waals surface area contributed by atoms with Gasteiger partial charge in [-0.1, -0.05) is 11.2 Å². The first-order valence-electron chi connectivity index (χ1n) is 6.36. The van der Waals surface area contributed by atoms with Gasteiger partial charge in [-0.15, -0.1) is 11.3 Å². The molecule has 1 N–H and O–H groups in total. The molecule has 4 nitrogen and oxygen atoms in total. The molecule has 1 aromatic carbocycles. The Balaban J connectivity index is 1.70. The molecule has 0 aliphatic heterocycles. The van der Waals surface area contributed by atoms with Crippen LogP contribution in [-0.2, 0) is 6.54 Å². The van der Waals surface area contributed by atoms with E-state index in [9.17, 15) is 13.6 Å². The number of benzene rings is 1. The average Bonchev–Trinajstić information content (AvgIpc) is 3.16. The first kappa shape index (κ1) is 14.4. The van der Waals surface area contributed by atoms with E-state index in [2.05, 4.69) is 10.5 Å². The summed E-state index contributed by atoms with van der Waals surface area (Å²) < 4.78 is 31.6. The Hall–Kier alpha value is -2.54. The fourth-order valence-electron chi connectivity index (χ4n) is 1.88. The molecule has 112 valence electrons. The van der Waals surface area contributed by atoms with E-state index in [0.29, 0.717) is 10.6 Å². The Kier molecular flexibility index (Phi) is 3.97. The molecule has 3 rings (SSSR count). The molecule has 0 fully saturated rings. The van der Waals surface area contributed by atoms with Gasteiger partial charge in [0, 0.05) is 12.1 Å². The lowest BCUT2D eigenvalue weighted by molar-refractivity contribution is 0.0954. The largest absolute Gasteiger partial charge is 0.356 e. The molecule has 0 radical (unpaired) electrons. The van der Waals surface area contributed by atoms with Crippen LogP contribution in [0.15, 0.2) is 46.3 Å². The highest BCUT2D eigenvalue weighted by Gasteiger charge is 2.13. The first-order chi connectivity index (χ1) is 10.6. The van der Waals surface area contributed by atoms with E-state index in [1.807, 2.05) is 0 Å². The minimum atomic E-state index is -0.731. The standard InChI is InChI=1S/C15H10F2N2O2S/c16-9-3-4-11(12(17)6-9)13-7-10(19-21-13)8-18-15(20)14-2-1-5-22-14/h1-7H,8H2,(H,18,20). The number of nitrogens with one attached hydrogen (secondary N) is 1. The second kappa shape index (κ2) is 6.07. The summed E-state index contributed by atoms with van der Waals surface area (Å²) in [5.41, 5.74) is 0.563. The monoisotopic (exact) mass is 320 g/mol. The predicted octanol–water partition coefficient (Wildman–Crippen LogP) is 3.61. The molecule has 0 unspecified atom stereocenters. The predicted molar refractivity (Wildman–Crippen MR) is 77.3 cm³/mol. The van der Waals surface area contributed by atoms with Gasteiger partial charge >= 0.3 is 0 Å². The molecule has 0 aliphatic carbocycles. The van der Waals surface area contributed by atoms with Gasteiger partial charge in [-0.05, 0) is 23.6 Å².